The number of aryl methyl sites for hydroxylation is 1. The Bertz CT molecular complexity index is 615. The quantitative estimate of drug-likeness (QED) is 0.645. The summed E-state index contributed by atoms with van der Waals surface area (Å²) in [6.45, 7) is 9.57. The molecule has 114 valence electrons. The molecule has 5 heteroatoms. The normalized spacial score (nSPS) is 11.4. The van der Waals surface area contributed by atoms with E-state index in [1.807, 2.05) is 12.1 Å². The Labute approximate surface area is 140 Å². The summed E-state index contributed by atoms with van der Waals surface area (Å²) in [6.07, 6.45) is 1.08. The molecule has 2 nitrogen and oxygen atoms in total. The predicted octanol–water partition coefficient (Wildman–Crippen LogP) is 6.18. The summed E-state index contributed by atoms with van der Waals surface area (Å²) in [6, 6.07) is 5.65. The molecular weight excluding hydrogens is 323 g/mol. The van der Waals surface area contributed by atoms with Crippen LogP contribution in [0.5, 0.6) is 0 Å². The van der Waals surface area contributed by atoms with Gasteiger partial charge in [0.15, 0.2) is 0 Å². The number of imidazole rings is 1. The van der Waals surface area contributed by atoms with E-state index in [0.29, 0.717) is 16.0 Å². The molecule has 0 amide bonds. The van der Waals surface area contributed by atoms with Gasteiger partial charge in [0.25, 0.3) is 0 Å². The van der Waals surface area contributed by atoms with Crippen LogP contribution in [0.3, 0.4) is 0 Å². The lowest BCUT2D eigenvalue weighted by atomic mass is 10.1. The highest BCUT2D eigenvalue weighted by molar-refractivity contribution is 7.99. The van der Waals surface area contributed by atoms with Crippen LogP contribution in [-0.4, -0.2) is 9.55 Å². The Morgan fingerprint density at radius 3 is 2.33 bits per heavy atom. The first-order valence-electron chi connectivity index (χ1n) is 7.13. The lowest BCUT2D eigenvalue weighted by molar-refractivity contribution is 0.609. The van der Waals surface area contributed by atoms with Crippen LogP contribution in [-0.2, 0) is 6.54 Å². The zero-order chi connectivity index (χ0) is 15.6. The van der Waals surface area contributed by atoms with Crippen molar-refractivity contribution in [3.05, 3.63) is 39.8 Å². The van der Waals surface area contributed by atoms with Crippen LogP contribution < -0.4 is 0 Å². The molecule has 0 radical (unpaired) electrons. The van der Waals surface area contributed by atoms with Crippen LogP contribution in [0.25, 0.3) is 0 Å². The summed E-state index contributed by atoms with van der Waals surface area (Å²) in [5, 5.41) is 2.52. The highest BCUT2D eigenvalue weighted by Gasteiger charge is 2.18. The summed E-state index contributed by atoms with van der Waals surface area (Å²) in [5.41, 5.74) is 1.14. The average molecular weight is 343 g/mol. The van der Waals surface area contributed by atoms with E-state index in [2.05, 4.69) is 32.3 Å². The monoisotopic (exact) mass is 342 g/mol. The topological polar surface area (TPSA) is 17.8 Å². The van der Waals surface area contributed by atoms with Crippen LogP contribution in [0, 0.1) is 6.92 Å². The molecule has 0 saturated heterocycles. The van der Waals surface area contributed by atoms with Crippen molar-refractivity contribution in [2.24, 2.45) is 0 Å². The third-order valence-corrected chi connectivity index (χ3v) is 4.71. The lowest BCUT2D eigenvalue weighted by Gasteiger charge is -2.12. The number of nitrogens with zero attached hydrogens (tertiary/aromatic N) is 2. The summed E-state index contributed by atoms with van der Waals surface area (Å²) in [5.74, 6) is 1.45. The fourth-order valence-electron chi connectivity index (χ4n) is 2.24. The van der Waals surface area contributed by atoms with Crippen LogP contribution >= 0.6 is 35.0 Å². The minimum absolute atomic E-state index is 0.388. The van der Waals surface area contributed by atoms with Gasteiger partial charge in [-0.2, -0.15) is 0 Å². The third-order valence-electron chi connectivity index (χ3n) is 3.18. The van der Waals surface area contributed by atoms with Crippen LogP contribution in [0.15, 0.2) is 28.1 Å². The molecule has 0 fully saturated rings. The Balaban J connectivity index is 2.45. The maximum absolute atomic E-state index is 6.10. The first-order valence-corrected chi connectivity index (χ1v) is 8.70. The third kappa shape index (κ3) is 3.97. The van der Waals surface area contributed by atoms with Gasteiger partial charge in [0.05, 0.1) is 5.69 Å². The zero-order valence-electron chi connectivity index (χ0n) is 12.8. The Morgan fingerprint density at radius 2 is 1.81 bits per heavy atom. The van der Waals surface area contributed by atoms with E-state index in [4.69, 9.17) is 28.2 Å². The van der Waals surface area contributed by atoms with Gasteiger partial charge in [-0.05, 0) is 37.5 Å². The molecule has 2 rings (SSSR count). The highest BCUT2D eigenvalue weighted by atomic mass is 35.5. The highest BCUT2D eigenvalue weighted by Crippen LogP contribution is 2.37. The molecule has 0 aliphatic heterocycles. The molecule has 21 heavy (non-hydrogen) atoms. The van der Waals surface area contributed by atoms with E-state index in [1.165, 1.54) is 5.03 Å². The number of aromatic nitrogens is 2. The molecule has 0 bridgehead atoms. The van der Waals surface area contributed by atoms with Gasteiger partial charge < -0.3 is 4.57 Å². The molecule has 0 N–H and O–H groups in total. The number of hydrogen-bond acceptors (Lipinski definition) is 2. The number of halogens is 2. The predicted molar refractivity (Wildman–Crippen MR) is 91.9 cm³/mol. The van der Waals surface area contributed by atoms with Crippen LogP contribution in [0.1, 0.15) is 44.6 Å². The standard InChI is InChI=1S/C16H20Cl2N2S/c1-5-6-20-11(4)19-15(10(2)3)16(20)21-14-8-12(17)7-13(18)9-14/h7-10H,5-6H2,1-4H3. The smallest absolute Gasteiger partial charge is 0.106 e. The van der Waals surface area contributed by atoms with Crippen molar-refractivity contribution in [1.29, 1.82) is 0 Å². The van der Waals surface area contributed by atoms with Crippen molar-refractivity contribution < 1.29 is 0 Å². The molecule has 0 spiro atoms. The molecular formula is C16H20Cl2N2S. The summed E-state index contributed by atoms with van der Waals surface area (Å²) < 4.78 is 2.29. The van der Waals surface area contributed by atoms with E-state index in [0.717, 1.165) is 29.4 Å². The van der Waals surface area contributed by atoms with Crippen LogP contribution in [0.2, 0.25) is 10.0 Å². The second kappa shape index (κ2) is 7.08. The van der Waals surface area contributed by atoms with Gasteiger partial charge >= 0.3 is 0 Å². The fraction of sp³-hybridized carbons (Fsp3) is 0.438. The number of benzene rings is 1. The Morgan fingerprint density at radius 1 is 1.19 bits per heavy atom. The first-order chi connectivity index (χ1) is 9.92. The molecule has 2 aromatic rings. The maximum atomic E-state index is 6.10. The molecule has 0 unspecified atom stereocenters. The van der Waals surface area contributed by atoms with Crippen molar-refractivity contribution in [2.45, 2.75) is 56.5 Å². The van der Waals surface area contributed by atoms with Gasteiger partial charge in [-0.15, -0.1) is 0 Å². The molecule has 1 heterocycles. The first kappa shape index (κ1) is 16.7. The SMILES string of the molecule is CCCn1c(C)nc(C(C)C)c1Sc1cc(Cl)cc(Cl)c1. The second-order valence-electron chi connectivity index (χ2n) is 5.36. The molecule has 1 aromatic heterocycles. The summed E-state index contributed by atoms with van der Waals surface area (Å²) in [7, 11) is 0. The zero-order valence-corrected chi connectivity index (χ0v) is 15.1. The van der Waals surface area contributed by atoms with Crippen molar-refractivity contribution in [3.8, 4) is 0 Å². The fourth-order valence-corrected chi connectivity index (χ4v) is 4.21. The number of rotatable bonds is 5. The van der Waals surface area contributed by atoms with E-state index in [9.17, 15) is 0 Å². The van der Waals surface area contributed by atoms with Crippen LogP contribution in [0.4, 0.5) is 0 Å². The minimum atomic E-state index is 0.388. The van der Waals surface area contributed by atoms with E-state index < -0.39 is 0 Å². The molecule has 0 saturated carbocycles. The molecule has 0 aliphatic rings. The van der Waals surface area contributed by atoms with Crippen molar-refractivity contribution >= 4 is 35.0 Å². The van der Waals surface area contributed by atoms with Gasteiger partial charge in [-0.1, -0.05) is 55.7 Å². The lowest BCUT2D eigenvalue weighted by Crippen LogP contribution is -2.01. The van der Waals surface area contributed by atoms with Gasteiger partial charge in [0, 0.05) is 21.5 Å². The van der Waals surface area contributed by atoms with Gasteiger partial charge in [-0.25, -0.2) is 4.98 Å². The van der Waals surface area contributed by atoms with E-state index in [1.54, 1.807) is 17.8 Å². The van der Waals surface area contributed by atoms with Gasteiger partial charge in [-0.3, -0.25) is 0 Å². The maximum Gasteiger partial charge on any atom is 0.106 e. The van der Waals surface area contributed by atoms with Gasteiger partial charge in [0.2, 0.25) is 0 Å². The largest absolute Gasteiger partial charge is 0.323 e. The number of hydrogen-bond donors (Lipinski definition) is 0. The average Bonchev–Trinajstić information content (AvgIpc) is 2.67. The minimum Gasteiger partial charge on any atom is -0.323 e. The Hall–Kier alpha value is -0.640. The summed E-state index contributed by atoms with van der Waals surface area (Å²) in [4.78, 5) is 5.79. The molecule has 1 aromatic carbocycles. The second-order valence-corrected chi connectivity index (χ2v) is 7.30. The summed E-state index contributed by atoms with van der Waals surface area (Å²) >= 11 is 13.9. The van der Waals surface area contributed by atoms with E-state index >= 15 is 0 Å². The van der Waals surface area contributed by atoms with Gasteiger partial charge in [0.1, 0.15) is 10.9 Å². The van der Waals surface area contributed by atoms with Crippen molar-refractivity contribution in [3.63, 3.8) is 0 Å². The molecule has 0 atom stereocenters. The van der Waals surface area contributed by atoms with Crippen molar-refractivity contribution in [1.82, 2.24) is 9.55 Å². The molecule has 0 aliphatic carbocycles. The van der Waals surface area contributed by atoms with E-state index in [-0.39, 0.29) is 0 Å². The Kier molecular flexibility index (Phi) is 5.64. The van der Waals surface area contributed by atoms with Crippen molar-refractivity contribution in [2.75, 3.05) is 0 Å².